The van der Waals surface area contributed by atoms with Gasteiger partial charge in [-0.15, -0.1) is 0 Å². The molecule has 1 unspecified atom stereocenters. The number of nitrogen functional groups attached to an aromatic ring is 1. The summed E-state index contributed by atoms with van der Waals surface area (Å²) in [6.07, 6.45) is 10.7. The van der Waals surface area contributed by atoms with Gasteiger partial charge in [-0.2, -0.15) is 5.26 Å². The first-order valence-corrected chi connectivity index (χ1v) is 13.8. The van der Waals surface area contributed by atoms with Crippen LogP contribution >= 0.6 is 11.6 Å². The summed E-state index contributed by atoms with van der Waals surface area (Å²) in [5, 5.41) is 16.9. The third-order valence-corrected chi connectivity index (χ3v) is 7.45. The fourth-order valence-corrected chi connectivity index (χ4v) is 5.04. The Kier molecular flexibility index (Phi) is 11.7. The first kappa shape index (κ1) is 29.7. The second kappa shape index (κ2) is 14.9. The predicted octanol–water partition coefficient (Wildman–Crippen LogP) is 5.96. The Hall–Kier alpha value is -2.86. The van der Waals surface area contributed by atoms with E-state index in [1.807, 2.05) is 18.2 Å². The van der Waals surface area contributed by atoms with Crippen LogP contribution in [0.5, 0.6) is 0 Å². The van der Waals surface area contributed by atoms with Crippen molar-refractivity contribution in [3.05, 3.63) is 47.8 Å². The molecule has 2 aliphatic rings. The lowest BCUT2D eigenvalue weighted by atomic mass is 9.82. The molecule has 2 aromatic rings. The largest absolute Gasteiger partial charge is 0.502 e. The van der Waals surface area contributed by atoms with Crippen molar-refractivity contribution in [3.63, 3.8) is 0 Å². The molecule has 206 valence electrons. The fraction of sp³-hybridized carbons (Fsp3) is 0.552. The van der Waals surface area contributed by atoms with Gasteiger partial charge < -0.3 is 25.8 Å². The highest BCUT2D eigenvalue weighted by molar-refractivity contribution is 6.33. The van der Waals surface area contributed by atoms with E-state index >= 15 is 0 Å². The smallest absolute Gasteiger partial charge is 0.126 e. The van der Waals surface area contributed by atoms with Crippen LogP contribution < -0.4 is 16.4 Å². The van der Waals surface area contributed by atoms with Crippen molar-refractivity contribution in [1.82, 2.24) is 15.3 Å². The SMILES string of the molecule is C=C(CC(C)NC1CCCCC1)OC.N#CC1(CNc2cccc(-c3cc(N)ncc3Cl)n2)CCOCC1. The lowest BCUT2D eigenvalue weighted by molar-refractivity contribution is 0.0455. The molecule has 1 aliphatic heterocycles. The van der Waals surface area contributed by atoms with Gasteiger partial charge in [-0.25, -0.2) is 9.97 Å². The van der Waals surface area contributed by atoms with Crippen LogP contribution in [-0.2, 0) is 9.47 Å². The summed E-state index contributed by atoms with van der Waals surface area (Å²) in [4.78, 5) is 8.53. The number of anilines is 2. The molecule has 2 fully saturated rings. The number of methoxy groups -OCH3 is 1. The maximum absolute atomic E-state index is 9.51. The minimum Gasteiger partial charge on any atom is -0.502 e. The van der Waals surface area contributed by atoms with Gasteiger partial charge in [-0.05, 0) is 50.8 Å². The van der Waals surface area contributed by atoms with Crippen LogP contribution in [0.1, 0.15) is 58.3 Å². The monoisotopic (exact) mass is 540 g/mol. The normalized spacial score (nSPS) is 17.8. The maximum Gasteiger partial charge on any atom is 0.126 e. The molecule has 9 heteroatoms. The van der Waals surface area contributed by atoms with E-state index in [0.717, 1.165) is 36.6 Å². The Morgan fingerprint density at radius 2 is 2.05 bits per heavy atom. The van der Waals surface area contributed by atoms with Crippen molar-refractivity contribution < 1.29 is 9.47 Å². The van der Waals surface area contributed by atoms with Gasteiger partial charge >= 0.3 is 0 Å². The van der Waals surface area contributed by atoms with Crippen molar-refractivity contribution in [2.45, 2.75) is 70.4 Å². The van der Waals surface area contributed by atoms with Crippen LogP contribution in [-0.4, -0.2) is 48.9 Å². The fourth-order valence-electron chi connectivity index (χ4n) is 4.84. The van der Waals surface area contributed by atoms with E-state index in [4.69, 9.17) is 26.8 Å². The zero-order chi connectivity index (χ0) is 27.4. The average Bonchev–Trinajstić information content (AvgIpc) is 2.94. The Morgan fingerprint density at radius 1 is 1.32 bits per heavy atom. The molecule has 1 aliphatic carbocycles. The molecule has 0 amide bonds. The zero-order valence-corrected chi connectivity index (χ0v) is 23.4. The van der Waals surface area contributed by atoms with E-state index in [1.165, 1.54) is 38.3 Å². The number of nitrogens with one attached hydrogen (secondary N) is 2. The Morgan fingerprint density at radius 3 is 2.74 bits per heavy atom. The minimum absolute atomic E-state index is 0.389. The second-order valence-corrected chi connectivity index (χ2v) is 10.6. The number of hydrogen-bond donors (Lipinski definition) is 3. The molecule has 1 saturated heterocycles. The van der Waals surface area contributed by atoms with Crippen molar-refractivity contribution in [1.29, 1.82) is 5.26 Å². The van der Waals surface area contributed by atoms with Gasteiger partial charge in [0.05, 0.1) is 35.1 Å². The van der Waals surface area contributed by atoms with Gasteiger partial charge in [0.2, 0.25) is 0 Å². The van der Waals surface area contributed by atoms with E-state index in [1.54, 1.807) is 13.2 Å². The summed E-state index contributed by atoms with van der Waals surface area (Å²) in [6.45, 7) is 7.83. The zero-order valence-electron chi connectivity index (χ0n) is 22.6. The van der Waals surface area contributed by atoms with Crippen molar-refractivity contribution >= 4 is 23.2 Å². The standard InChI is InChI=1S/C17H18ClN5O.C12H23NO/c18-13-9-21-15(20)8-12(13)14-2-1-3-16(23-14)22-11-17(10-19)4-6-24-7-5-17;1-10(9-11(2)14-3)13-12-7-5-4-6-8-12/h1-3,8-9H,4-7,11H2,(H2,20,21)(H,22,23);10,12-13H,2,4-9H2,1,3H3. The average molecular weight is 541 g/mol. The Balaban J connectivity index is 0.000000244. The molecule has 38 heavy (non-hydrogen) atoms. The number of nitrogens with two attached hydrogens (primary N) is 1. The number of halogens is 1. The summed E-state index contributed by atoms with van der Waals surface area (Å²) in [7, 11) is 1.69. The lowest BCUT2D eigenvalue weighted by Crippen LogP contribution is -2.38. The van der Waals surface area contributed by atoms with Gasteiger partial charge in [0.15, 0.2) is 0 Å². The molecule has 0 spiro atoms. The molecular formula is C29H41ClN6O2. The highest BCUT2D eigenvalue weighted by atomic mass is 35.5. The summed E-state index contributed by atoms with van der Waals surface area (Å²) < 4.78 is 10.4. The van der Waals surface area contributed by atoms with Crippen molar-refractivity contribution in [2.24, 2.45) is 5.41 Å². The number of ether oxygens (including phenoxy) is 2. The molecule has 2 aromatic heterocycles. The highest BCUT2D eigenvalue weighted by Gasteiger charge is 2.32. The first-order chi connectivity index (χ1) is 18.3. The molecule has 8 nitrogen and oxygen atoms in total. The van der Waals surface area contributed by atoms with E-state index in [-0.39, 0.29) is 0 Å². The molecule has 3 heterocycles. The van der Waals surface area contributed by atoms with Crippen LogP contribution in [0.25, 0.3) is 11.3 Å². The maximum atomic E-state index is 9.51. The number of hydrogen-bond acceptors (Lipinski definition) is 8. The molecule has 1 atom stereocenters. The van der Waals surface area contributed by atoms with Gasteiger partial charge in [0.25, 0.3) is 0 Å². The summed E-state index contributed by atoms with van der Waals surface area (Å²) in [6, 6.07) is 11.0. The molecule has 0 aromatic carbocycles. The molecule has 0 radical (unpaired) electrons. The quantitative estimate of drug-likeness (QED) is 0.333. The van der Waals surface area contributed by atoms with Crippen LogP contribution in [0, 0.1) is 16.7 Å². The third kappa shape index (κ3) is 9.16. The molecular weight excluding hydrogens is 500 g/mol. The highest BCUT2D eigenvalue weighted by Crippen LogP contribution is 2.31. The molecule has 4 rings (SSSR count). The van der Waals surface area contributed by atoms with E-state index < -0.39 is 5.41 Å². The number of rotatable bonds is 9. The molecule has 4 N–H and O–H groups in total. The van der Waals surface area contributed by atoms with Crippen molar-refractivity contribution in [3.8, 4) is 17.3 Å². The topological polar surface area (TPSA) is 118 Å². The van der Waals surface area contributed by atoms with Crippen molar-refractivity contribution in [2.75, 3.05) is 37.9 Å². The summed E-state index contributed by atoms with van der Waals surface area (Å²) in [5.41, 5.74) is 6.76. The third-order valence-electron chi connectivity index (χ3n) is 7.14. The summed E-state index contributed by atoms with van der Waals surface area (Å²) >= 11 is 6.19. The number of pyridine rings is 2. The number of nitrogens with zero attached hydrogens (tertiary/aromatic N) is 3. The number of nitriles is 1. The molecule has 0 bridgehead atoms. The predicted molar refractivity (Wildman–Crippen MR) is 154 cm³/mol. The Labute approximate surface area is 232 Å². The van der Waals surface area contributed by atoms with Crippen LogP contribution in [0.15, 0.2) is 42.8 Å². The van der Waals surface area contributed by atoms with Gasteiger partial charge in [-0.1, -0.05) is 43.5 Å². The molecule has 1 saturated carbocycles. The first-order valence-electron chi connectivity index (χ1n) is 13.4. The lowest BCUT2D eigenvalue weighted by Gasteiger charge is -2.30. The van der Waals surface area contributed by atoms with Gasteiger partial charge in [0.1, 0.15) is 11.6 Å². The van der Waals surface area contributed by atoms with Crippen LogP contribution in [0.4, 0.5) is 11.6 Å². The van der Waals surface area contributed by atoms with Gasteiger partial charge in [-0.3, -0.25) is 0 Å². The second-order valence-electron chi connectivity index (χ2n) is 10.2. The van der Waals surface area contributed by atoms with E-state index in [0.29, 0.717) is 48.2 Å². The Bertz CT molecular complexity index is 1080. The van der Waals surface area contributed by atoms with Crippen LogP contribution in [0.3, 0.4) is 0 Å². The minimum atomic E-state index is -0.408. The summed E-state index contributed by atoms with van der Waals surface area (Å²) in [5.74, 6) is 1.96. The number of aromatic nitrogens is 2. The van der Waals surface area contributed by atoms with E-state index in [9.17, 15) is 5.26 Å². The van der Waals surface area contributed by atoms with Gasteiger partial charge in [0, 0.05) is 50.0 Å². The van der Waals surface area contributed by atoms with E-state index in [2.05, 4.69) is 40.2 Å². The van der Waals surface area contributed by atoms with Crippen LogP contribution in [0.2, 0.25) is 5.02 Å².